The molecule has 0 saturated heterocycles. The van der Waals surface area contributed by atoms with Crippen LogP contribution in [0.2, 0.25) is 0 Å². The Balaban J connectivity index is 2.19. The molecule has 0 radical (unpaired) electrons. The summed E-state index contributed by atoms with van der Waals surface area (Å²) in [6.45, 7) is 0.437. The molecule has 5 nitrogen and oxygen atoms in total. The summed E-state index contributed by atoms with van der Waals surface area (Å²) in [5.41, 5.74) is 7.88. The third-order valence-electron chi connectivity index (χ3n) is 3.01. The van der Waals surface area contributed by atoms with Crippen LogP contribution in [-0.2, 0) is 6.54 Å². The Hall–Kier alpha value is -3.31. The second-order valence-electron chi connectivity index (χ2n) is 4.37. The Morgan fingerprint density at radius 1 is 1.05 bits per heavy atom. The zero-order chi connectivity index (χ0) is 15.2. The predicted molar refractivity (Wildman–Crippen MR) is 78.2 cm³/mol. The summed E-state index contributed by atoms with van der Waals surface area (Å²) in [4.78, 5) is 11.0. The van der Waals surface area contributed by atoms with Gasteiger partial charge in [0.15, 0.2) is 0 Å². The van der Waals surface area contributed by atoms with Crippen LogP contribution in [0.1, 0.15) is 27.0 Å². The molecule has 0 aliphatic carbocycles. The fourth-order valence-electron chi connectivity index (χ4n) is 1.91. The first-order valence-electron chi connectivity index (χ1n) is 6.21. The van der Waals surface area contributed by atoms with Crippen molar-refractivity contribution in [1.82, 2.24) is 0 Å². The number of nitrogens with zero attached hydrogens (tertiary/aromatic N) is 2. The van der Waals surface area contributed by atoms with Gasteiger partial charge in [-0.15, -0.1) is 0 Å². The van der Waals surface area contributed by atoms with Crippen LogP contribution in [0.5, 0.6) is 0 Å². The lowest BCUT2D eigenvalue weighted by Crippen LogP contribution is -2.11. The van der Waals surface area contributed by atoms with Crippen molar-refractivity contribution < 1.29 is 4.79 Å². The van der Waals surface area contributed by atoms with E-state index in [1.807, 2.05) is 0 Å². The molecule has 5 heteroatoms. The molecular formula is C16H12N4O. The van der Waals surface area contributed by atoms with Crippen molar-refractivity contribution in [2.45, 2.75) is 6.54 Å². The van der Waals surface area contributed by atoms with E-state index in [-0.39, 0.29) is 0 Å². The van der Waals surface area contributed by atoms with E-state index in [1.54, 1.807) is 42.5 Å². The number of hydrogen-bond acceptors (Lipinski definition) is 4. The van der Waals surface area contributed by atoms with Crippen LogP contribution >= 0.6 is 0 Å². The second kappa shape index (κ2) is 6.23. The maximum Gasteiger partial charge on any atom is 0.248 e. The number of para-hydroxylation sites is 1. The summed E-state index contributed by atoms with van der Waals surface area (Å²) < 4.78 is 0. The number of rotatable bonds is 4. The van der Waals surface area contributed by atoms with E-state index in [2.05, 4.69) is 17.5 Å². The largest absolute Gasteiger partial charge is 0.379 e. The van der Waals surface area contributed by atoms with Crippen LogP contribution < -0.4 is 11.1 Å². The van der Waals surface area contributed by atoms with Crippen LogP contribution in [0, 0.1) is 22.7 Å². The minimum Gasteiger partial charge on any atom is -0.379 e. The Morgan fingerprint density at radius 2 is 1.62 bits per heavy atom. The van der Waals surface area contributed by atoms with Crippen LogP contribution in [0.15, 0.2) is 42.5 Å². The van der Waals surface area contributed by atoms with Crippen molar-refractivity contribution >= 4 is 11.6 Å². The quantitative estimate of drug-likeness (QED) is 0.892. The van der Waals surface area contributed by atoms with Crippen molar-refractivity contribution in [2.75, 3.05) is 5.32 Å². The average molecular weight is 276 g/mol. The summed E-state index contributed by atoms with van der Waals surface area (Å²) in [7, 11) is 0. The third kappa shape index (κ3) is 3.17. The van der Waals surface area contributed by atoms with E-state index < -0.39 is 5.91 Å². The number of amides is 1. The van der Waals surface area contributed by atoms with Gasteiger partial charge >= 0.3 is 0 Å². The van der Waals surface area contributed by atoms with E-state index in [1.165, 1.54) is 0 Å². The zero-order valence-corrected chi connectivity index (χ0v) is 11.1. The molecule has 0 spiro atoms. The van der Waals surface area contributed by atoms with Gasteiger partial charge in [0.2, 0.25) is 5.91 Å². The molecule has 0 heterocycles. The number of primary amides is 1. The van der Waals surface area contributed by atoms with Gasteiger partial charge in [0.05, 0.1) is 16.8 Å². The van der Waals surface area contributed by atoms with Crippen molar-refractivity contribution in [3.63, 3.8) is 0 Å². The fraction of sp³-hybridized carbons (Fsp3) is 0.0625. The summed E-state index contributed by atoms with van der Waals surface area (Å²) in [5, 5.41) is 21.3. The molecule has 1 amide bonds. The molecule has 0 bridgehead atoms. The van der Waals surface area contributed by atoms with Gasteiger partial charge in [-0.05, 0) is 29.8 Å². The number of anilines is 1. The Kier molecular flexibility index (Phi) is 4.18. The standard InChI is InChI=1S/C16H12N4O/c17-8-13-2-1-3-14(9-18)15(13)20-10-11-4-6-12(7-5-11)16(19)21/h1-7,20H,10H2,(H2,19,21). The SMILES string of the molecule is N#Cc1cccc(C#N)c1NCc1ccc(C(N)=O)cc1. The summed E-state index contributed by atoms with van der Waals surface area (Å²) in [6, 6.07) is 15.9. The molecule has 0 unspecified atom stereocenters. The Morgan fingerprint density at radius 3 is 2.10 bits per heavy atom. The van der Waals surface area contributed by atoms with Gasteiger partial charge in [-0.3, -0.25) is 4.79 Å². The number of nitrogens with one attached hydrogen (secondary N) is 1. The van der Waals surface area contributed by atoms with Crippen molar-refractivity contribution in [3.8, 4) is 12.1 Å². The van der Waals surface area contributed by atoms with E-state index >= 15 is 0 Å². The highest BCUT2D eigenvalue weighted by molar-refractivity contribution is 5.92. The topological polar surface area (TPSA) is 103 Å². The van der Waals surface area contributed by atoms with Crippen molar-refractivity contribution in [3.05, 3.63) is 64.7 Å². The van der Waals surface area contributed by atoms with E-state index in [0.29, 0.717) is 28.9 Å². The molecule has 0 saturated carbocycles. The monoisotopic (exact) mass is 276 g/mol. The van der Waals surface area contributed by atoms with Gasteiger partial charge in [-0.2, -0.15) is 10.5 Å². The molecule has 0 aliphatic heterocycles. The molecule has 2 aromatic rings. The molecule has 3 N–H and O–H groups in total. The second-order valence-corrected chi connectivity index (χ2v) is 4.37. The molecule has 21 heavy (non-hydrogen) atoms. The summed E-state index contributed by atoms with van der Waals surface area (Å²) >= 11 is 0. The molecule has 0 atom stereocenters. The zero-order valence-electron chi connectivity index (χ0n) is 11.1. The number of benzene rings is 2. The lowest BCUT2D eigenvalue weighted by atomic mass is 10.1. The van der Waals surface area contributed by atoms with Gasteiger partial charge in [0.1, 0.15) is 12.1 Å². The van der Waals surface area contributed by atoms with Gasteiger partial charge in [0, 0.05) is 12.1 Å². The van der Waals surface area contributed by atoms with Gasteiger partial charge in [-0.25, -0.2) is 0 Å². The highest BCUT2D eigenvalue weighted by atomic mass is 16.1. The molecule has 0 aliphatic rings. The lowest BCUT2D eigenvalue weighted by molar-refractivity contribution is 0.100. The van der Waals surface area contributed by atoms with Crippen LogP contribution in [0.25, 0.3) is 0 Å². The molecule has 2 aromatic carbocycles. The van der Waals surface area contributed by atoms with Crippen LogP contribution in [0.3, 0.4) is 0 Å². The Bertz CT molecular complexity index is 719. The third-order valence-corrected chi connectivity index (χ3v) is 3.01. The summed E-state index contributed by atoms with van der Waals surface area (Å²) in [5.74, 6) is -0.476. The first-order valence-corrected chi connectivity index (χ1v) is 6.21. The molecule has 0 aromatic heterocycles. The number of carbonyl (C=O) groups excluding carboxylic acids is 1. The minimum absolute atomic E-state index is 0.419. The fourth-order valence-corrected chi connectivity index (χ4v) is 1.91. The molecular weight excluding hydrogens is 264 g/mol. The number of hydrogen-bond donors (Lipinski definition) is 2. The van der Waals surface area contributed by atoms with Crippen LogP contribution in [-0.4, -0.2) is 5.91 Å². The Labute approximate surface area is 122 Å². The highest BCUT2D eigenvalue weighted by Gasteiger charge is 2.07. The highest BCUT2D eigenvalue weighted by Crippen LogP contribution is 2.20. The number of carbonyl (C=O) groups is 1. The lowest BCUT2D eigenvalue weighted by Gasteiger charge is -2.10. The predicted octanol–water partition coefficient (Wildman–Crippen LogP) is 2.14. The van der Waals surface area contributed by atoms with Crippen molar-refractivity contribution in [2.24, 2.45) is 5.73 Å². The maximum absolute atomic E-state index is 11.0. The first kappa shape index (κ1) is 14.1. The molecule has 0 fully saturated rings. The van der Waals surface area contributed by atoms with Crippen LogP contribution in [0.4, 0.5) is 5.69 Å². The van der Waals surface area contributed by atoms with Gasteiger partial charge in [-0.1, -0.05) is 18.2 Å². The smallest absolute Gasteiger partial charge is 0.248 e. The first-order chi connectivity index (χ1) is 10.2. The maximum atomic E-state index is 11.0. The molecule has 2 rings (SSSR count). The normalized spacial score (nSPS) is 9.43. The molecule has 102 valence electrons. The van der Waals surface area contributed by atoms with Gasteiger partial charge < -0.3 is 11.1 Å². The average Bonchev–Trinajstić information content (AvgIpc) is 2.52. The summed E-state index contributed by atoms with van der Waals surface area (Å²) in [6.07, 6.45) is 0. The van der Waals surface area contributed by atoms with E-state index in [0.717, 1.165) is 5.56 Å². The number of nitrogens with two attached hydrogens (primary N) is 1. The van der Waals surface area contributed by atoms with E-state index in [9.17, 15) is 4.79 Å². The van der Waals surface area contributed by atoms with Gasteiger partial charge in [0.25, 0.3) is 0 Å². The van der Waals surface area contributed by atoms with E-state index in [4.69, 9.17) is 16.3 Å². The minimum atomic E-state index is -0.476. The number of nitriles is 2. The van der Waals surface area contributed by atoms with Crippen molar-refractivity contribution in [1.29, 1.82) is 10.5 Å².